The van der Waals surface area contributed by atoms with Crippen LogP contribution in [0.15, 0.2) is 35.3 Å². The predicted octanol–water partition coefficient (Wildman–Crippen LogP) is 5.72. The molecule has 3 aliphatic carbocycles. The highest BCUT2D eigenvalue weighted by Crippen LogP contribution is 2.86. The first kappa shape index (κ1) is 19.3. The zero-order chi connectivity index (χ0) is 22.6. The Balaban J connectivity index is 1.76. The lowest BCUT2D eigenvalue weighted by atomic mass is 9.28. The predicted molar refractivity (Wildman–Crippen MR) is 128 cm³/mol. The maximum Gasteiger partial charge on any atom is 0.341 e. The molecule has 2 aromatic heterocycles. The van der Waals surface area contributed by atoms with Crippen molar-refractivity contribution in [2.45, 2.75) is 96.4 Å². The lowest BCUT2D eigenvalue weighted by molar-refractivity contribution is -0.536. The van der Waals surface area contributed by atoms with Crippen LogP contribution >= 0.6 is 0 Å². The molecular formula is C29H35N2O+. The van der Waals surface area contributed by atoms with E-state index in [-0.39, 0.29) is 21.8 Å². The fraction of sp³-hybridized carbons (Fsp3) is 0.586. The van der Waals surface area contributed by atoms with Crippen molar-refractivity contribution in [1.82, 2.24) is 4.57 Å². The molecule has 166 valence electrons. The third-order valence-corrected chi connectivity index (χ3v) is 12.1. The summed E-state index contributed by atoms with van der Waals surface area (Å²) < 4.78 is 4.73. The molecular weight excluding hydrogens is 392 g/mol. The van der Waals surface area contributed by atoms with Crippen molar-refractivity contribution in [2.75, 3.05) is 0 Å². The molecule has 0 saturated heterocycles. The number of pyridine rings is 1. The Hall–Kier alpha value is -2.16. The summed E-state index contributed by atoms with van der Waals surface area (Å²) in [6.45, 7) is 16.7. The van der Waals surface area contributed by atoms with Gasteiger partial charge in [-0.3, -0.25) is 0 Å². The van der Waals surface area contributed by atoms with Gasteiger partial charge in [0.25, 0.3) is 5.65 Å². The van der Waals surface area contributed by atoms with Gasteiger partial charge >= 0.3 is 5.56 Å². The molecule has 0 spiro atoms. The monoisotopic (exact) mass is 427 g/mol. The van der Waals surface area contributed by atoms with Gasteiger partial charge in [-0.1, -0.05) is 59.7 Å². The third-order valence-electron chi connectivity index (χ3n) is 12.1. The molecule has 4 aliphatic rings. The molecule has 3 heterocycles. The van der Waals surface area contributed by atoms with Crippen LogP contribution in [0.5, 0.6) is 0 Å². The molecule has 0 radical (unpaired) electrons. The highest BCUT2D eigenvalue weighted by atomic mass is 16.1. The smallest absolute Gasteiger partial charge is 0.241 e. The number of fused-ring (bicyclic) bond motifs is 4. The topological polar surface area (TPSA) is 26.1 Å². The molecule has 0 amide bonds. The van der Waals surface area contributed by atoms with Gasteiger partial charge < -0.3 is 0 Å². The Morgan fingerprint density at radius 2 is 1.81 bits per heavy atom. The fourth-order valence-electron chi connectivity index (χ4n) is 9.64. The first-order chi connectivity index (χ1) is 15.0. The van der Waals surface area contributed by atoms with E-state index in [1.54, 1.807) is 0 Å². The van der Waals surface area contributed by atoms with Crippen LogP contribution in [-0.4, -0.2) is 4.57 Å². The summed E-state index contributed by atoms with van der Waals surface area (Å²) in [6, 6.07) is 9.04. The van der Waals surface area contributed by atoms with Crippen molar-refractivity contribution < 1.29 is 4.40 Å². The Kier molecular flexibility index (Phi) is 3.02. The molecule has 1 aromatic carbocycles. The molecule has 2 saturated carbocycles. The zero-order valence-corrected chi connectivity index (χ0v) is 20.6. The highest BCUT2D eigenvalue weighted by Gasteiger charge is 2.83. The van der Waals surface area contributed by atoms with E-state index < -0.39 is 0 Å². The van der Waals surface area contributed by atoms with E-state index in [1.165, 1.54) is 34.9 Å². The van der Waals surface area contributed by atoms with E-state index in [2.05, 4.69) is 87.9 Å². The minimum absolute atomic E-state index is 0.0830. The third kappa shape index (κ3) is 1.47. The summed E-state index contributed by atoms with van der Waals surface area (Å²) in [5.41, 5.74) is 5.62. The number of hydrogen-bond donors (Lipinski definition) is 0. The second-order valence-corrected chi connectivity index (χ2v) is 12.5. The molecule has 2 fully saturated rings. The van der Waals surface area contributed by atoms with Crippen molar-refractivity contribution in [3.8, 4) is 0 Å². The summed E-state index contributed by atoms with van der Waals surface area (Å²) >= 11 is 0. The van der Waals surface area contributed by atoms with Gasteiger partial charge in [0, 0.05) is 16.7 Å². The maximum atomic E-state index is 14.6. The minimum Gasteiger partial charge on any atom is -0.241 e. The molecule has 32 heavy (non-hydrogen) atoms. The average Bonchev–Trinajstić information content (AvgIpc) is 2.86. The Labute approximate surface area is 190 Å². The number of nitrogens with zero attached hydrogens (tertiary/aromatic N) is 2. The normalized spacial score (nSPS) is 42.7. The van der Waals surface area contributed by atoms with Crippen LogP contribution < -0.4 is 9.96 Å². The molecule has 0 bridgehead atoms. The summed E-state index contributed by atoms with van der Waals surface area (Å²) in [7, 11) is 0. The number of aromatic nitrogens is 2. The SMILES string of the molecule is CCC1(C)c2cccc3cc[n+]4c5c(c(=O)n(c4c23)C1(C)CC)C1CC2(C)CC5(C)C12C. The van der Waals surface area contributed by atoms with Crippen molar-refractivity contribution >= 4 is 16.4 Å². The van der Waals surface area contributed by atoms with E-state index in [1.807, 2.05) is 0 Å². The Morgan fingerprint density at radius 1 is 1.06 bits per heavy atom. The van der Waals surface area contributed by atoms with Crippen molar-refractivity contribution in [2.24, 2.45) is 10.8 Å². The van der Waals surface area contributed by atoms with Crippen LogP contribution in [0.3, 0.4) is 0 Å². The molecule has 1 aliphatic heterocycles. The van der Waals surface area contributed by atoms with E-state index in [0.29, 0.717) is 16.9 Å². The number of benzene rings is 1. The average molecular weight is 428 g/mol. The molecule has 6 unspecified atom stereocenters. The number of hydrogen-bond acceptors (Lipinski definition) is 1. The van der Waals surface area contributed by atoms with Crippen LogP contribution in [0.25, 0.3) is 16.4 Å². The van der Waals surface area contributed by atoms with Gasteiger partial charge in [-0.2, -0.15) is 4.57 Å². The lowest BCUT2D eigenvalue weighted by Gasteiger charge is -2.74. The Bertz CT molecular complexity index is 1470. The summed E-state index contributed by atoms with van der Waals surface area (Å²) in [6.07, 6.45) is 6.59. The van der Waals surface area contributed by atoms with Crippen LogP contribution in [0.2, 0.25) is 0 Å². The highest BCUT2D eigenvalue weighted by molar-refractivity contribution is 5.97. The standard InChI is InChI=1S/C29H35N2O/c1-8-26(4)18-12-10-11-17-13-14-30-22-21(19-15-25(3)16-27(22,5)29(19,25)7)24(32)31(23(30)20(17)18)28(26,6)9-2/h10-14,19H,8-9,15-16H2,1-7H3/q+1. The van der Waals surface area contributed by atoms with E-state index in [9.17, 15) is 4.79 Å². The maximum absolute atomic E-state index is 14.6. The van der Waals surface area contributed by atoms with Gasteiger partial charge in [0.05, 0.1) is 17.1 Å². The van der Waals surface area contributed by atoms with Crippen molar-refractivity contribution in [3.63, 3.8) is 0 Å². The number of rotatable bonds is 2. The molecule has 3 aromatic rings. The largest absolute Gasteiger partial charge is 0.341 e. The second kappa shape index (κ2) is 5.00. The van der Waals surface area contributed by atoms with Gasteiger partial charge in [0.15, 0.2) is 0 Å². The molecule has 0 N–H and O–H groups in total. The van der Waals surface area contributed by atoms with Crippen LogP contribution in [-0.2, 0) is 16.4 Å². The Morgan fingerprint density at radius 3 is 2.47 bits per heavy atom. The van der Waals surface area contributed by atoms with Gasteiger partial charge in [-0.15, -0.1) is 0 Å². The van der Waals surface area contributed by atoms with Gasteiger partial charge in [-0.05, 0) is 60.5 Å². The van der Waals surface area contributed by atoms with Gasteiger partial charge in [-0.25, -0.2) is 9.20 Å². The first-order valence-corrected chi connectivity index (χ1v) is 12.6. The molecule has 3 heteroatoms. The molecule has 6 atom stereocenters. The molecule has 7 rings (SSSR count). The quantitative estimate of drug-likeness (QED) is 0.379. The van der Waals surface area contributed by atoms with Crippen LogP contribution in [0.1, 0.15) is 96.9 Å². The van der Waals surface area contributed by atoms with E-state index in [4.69, 9.17) is 0 Å². The summed E-state index contributed by atoms with van der Waals surface area (Å²) in [4.78, 5) is 14.6. The van der Waals surface area contributed by atoms with Gasteiger partial charge in [0.2, 0.25) is 0 Å². The lowest BCUT2D eigenvalue weighted by Crippen LogP contribution is -2.71. The molecule has 3 nitrogen and oxygen atoms in total. The van der Waals surface area contributed by atoms with Gasteiger partial charge in [0.1, 0.15) is 11.2 Å². The van der Waals surface area contributed by atoms with Crippen molar-refractivity contribution in [1.29, 1.82) is 0 Å². The summed E-state index contributed by atoms with van der Waals surface area (Å²) in [5.74, 6) is 0.399. The van der Waals surface area contributed by atoms with E-state index in [0.717, 1.165) is 24.1 Å². The fourth-order valence-corrected chi connectivity index (χ4v) is 9.64. The first-order valence-electron chi connectivity index (χ1n) is 12.6. The second-order valence-electron chi connectivity index (χ2n) is 12.5. The minimum atomic E-state index is -0.266. The zero-order valence-electron chi connectivity index (χ0n) is 20.6. The van der Waals surface area contributed by atoms with E-state index >= 15 is 0 Å². The van der Waals surface area contributed by atoms with Crippen molar-refractivity contribution in [3.05, 3.63) is 57.6 Å². The van der Waals surface area contributed by atoms with Crippen LogP contribution in [0, 0.1) is 10.8 Å². The summed E-state index contributed by atoms with van der Waals surface area (Å²) in [5, 5.41) is 2.55. The van der Waals surface area contributed by atoms with Crippen LogP contribution in [0.4, 0.5) is 0 Å².